The first-order chi connectivity index (χ1) is 12.0. The second kappa shape index (κ2) is 12.0. The maximum absolute atomic E-state index is 5.09. The lowest BCUT2D eigenvalue weighted by Gasteiger charge is -2.11. The molecule has 0 atom stereocenters. The molecular formula is C20H37N5O3. The fraction of sp³-hybridized carbons (Fsp3) is 0.650. The largest absolute Gasteiger partial charge is 0.448 e. The molecule has 0 spiro atoms. The predicted molar refractivity (Wildman–Crippen MR) is 110 cm³/mol. The summed E-state index contributed by atoms with van der Waals surface area (Å²) in [5.41, 5.74) is 0.0521. The van der Waals surface area contributed by atoms with E-state index >= 15 is 0 Å². The van der Waals surface area contributed by atoms with E-state index in [2.05, 4.69) is 50.6 Å². The van der Waals surface area contributed by atoms with Crippen LogP contribution < -0.4 is 0 Å². The second-order valence-electron chi connectivity index (χ2n) is 8.02. The molecule has 8 heteroatoms. The summed E-state index contributed by atoms with van der Waals surface area (Å²) >= 11 is 0. The Morgan fingerprint density at radius 3 is 1.71 bits per heavy atom. The van der Waals surface area contributed by atoms with Gasteiger partial charge in [0.2, 0.25) is 18.7 Å². The summed E-state index contributed by atoms with van der Waals surface area (Å²) < 4.78 is 14.5. The average molecular weight is 396 g/mol. The molecular weight excluding hydrogens is 358 g/mol. The van der Waals surface area contributed by atoms with Crippen LogP contribution in [0.4, 0.5) is 0 Å². The van der Waals surface area contributed by atoms with Gasteiger partial charge in [0, 0.05) is 16.7 Å². The molecule has 3 heterocycles. The van der Waals surface area contributed by atoms with E-state index in [1.54, 1.807) is 12.5 Å². The van der Waals surface area contributed by atoms with E-state index in [0.29, 0.717) is 11.8 Å². The first-order valence-electron chi connectivity index (χ1n) is 8.44. The van der Waals surface area contributed by atoms with Crippen molar-refractivity contribution in [3.8, 4) is 0 Å². The number of rotatable bonds is 1. The van der Waals surface area contributed by atoms with Crippen molar-refractivity contribution in [1.82, 2.24) is 25.3 Å². The van der Waals surface area contributed by atoms with E-state index in [1.807, 2.05) is 34.6 Å². The molecule has 8 nitrogen and oxygen atoms in total. The zero-order chi connectivity index (χ0) is 19.8. The Balaban J connectivity index is 0. The lowest BCUT2D eigenvalue weighted by Crippen LogP contribution is -2.12. The number of oxazole rings is 1. The van der Waals surface area contributed by atoms with Gasteiger partial charge < -0.3 is 13.4 Å². The molecule has 0 radical (unpaired) electrons. The zero-order valence-corrected chi connectivity index (χ0v) is 16.8. The fourth-order valence-corrected chi connectivity index (χ4v) is 1.53. The molecule has 28 heavy (non-hydrogen) atoms. The predicted octanol–water partition coefficient (Wildman–Crippen LogP) is 5.80. The molecule has 0 fully saturated rings. The minimum Gasteiger partial charge on any atom is -0.448 e. The average Bonchev–Trinajstić information content (AvgIpc) is 3.28. The third-order valence-electron chi connectivity index (χ3n) is 2.98. The van der Waals surface area contributed by atoms with E-state index in [1.165, 1.54) is 12.8 Å². The molecule has 0 saturated carbocycles. The van der Waals surface area contributed by atoms with Crippen LogP contribution in [0, 0.1) is 0 Å². The summed E-state index contributed by atoms with van der Waals surface area (Å²) in [6, 6.07) is 0. The first kappa shape index (κ1) is 27.7. The maximum atomic E-state index is 5.09. The van der Waals surface area contributed by atoms with Crippen molar-refractivity contribution in [1.29, 1.82) is 0 Å². The molecule has 0 aliphatic carbocycles. The Bertz CT molecular complexity index is 648. The Labute approximate surface area is 169 Å². The fourth-order valence-electron chi connectivity index (χ4n) is 1.53. The van der Waals surface area contributed by atoms with Crippen LogP contribution in [0.1, 0.15) is 93.8 Å². The molecule has 0 aliphatic rings. The van der Waals surface area contributed by atoms with Gasteiger partial charge in [-0.05, 0) is 0 Å². The molecule has 3 rings (SSSR count). The van der Waals surface area contributed by atoms with Crippen molar-refractivity contribution in [3.63, 3.8) is 0 Å². The molecule has 0 aliphatic heterocycles. The monoisotopic (exact) mass is 395 g/mol. The summed E-state index contributed by atoms with van der Waals surface area (Å²) in [6.45, 7) is 16.3. The van der Waals surface area contributed by atoms with Crippen LogP contribution in [0.25, 0.3) is 0 Å². The highest BCUT2D eigenvalue weighted by molar-refractivity contribution is 4.96. The van der Waals surface area contributed by atoms with Crippen LogP contribution >= 0.6 is 0 Å². The lowest BCUT2D eigenvalue weighted by atomic mass is 9.96. The Morgan fingerprint density at radius 1 is 0.857 bits per heavy atom. The van der Waals surface area contributed by atoms with Gasteiger partial charge in [0.05, 0.1) is 6.20 Å². The smallest absolute Gasteiger partial charge is 0.218 e. The summed E-state index contributed by atoms with van der Waals surface area (Å²) in [5, 5.41) is 10.9. The third kappa shape index (κ3) is 9.99. The number of aromatic nitrogens is 5. The van der Waals surface area contributed by atoms with E-state index in [9.17, 15) is 0 Å². The van der Waals surface area contributed by atoms with Crippen LogP contribution in [-0.4, -0.2) is 25.3 Å². The molecule has 3 aromatic heterocycles. The Morgan fingerprint density at radius 2 is 1.50 bits per heavy atom. The molecule has 160 valence electrons. The molecule has 0 unspecified atom stereocenters. The first-order valence-corrected chi connectivity index (χ1v) is 8.44. The van der Waals surface area contributed by atoms with Gasteiger partial charge in [-0.2, -0.15) is 4.98 Å². The Hall–Kier alpha value is -2.51. The minimum absolute atomic E-state index is 0. The van der Waals surface area contributed by atoms with Gasteiger partial charge in [0.1, 0.15) is 6.26 Å². The van der Waals surface area contributed by atoms with Crippen LogP contribution in [0.3, 0.4) is 0 Å². The molecule has 0 N–H and O–H groups in total. The van der Waals surface area contributed by atoms with Gasteiger partial charge >= 0.3 is 0 Å². The molecule has 0 aromatic carbocycles. The van der Waals surface area contributed by atoms with Crippen LogP contribution in [0.5, 0.6) is 0 Å². The molecule has 0 saturated heterocycles. The van der Waals surface area contributed by atoms with Crippen LogP contribution in [0.2, 0.25) is 0 Å². The number of hydrogen-bond donors (Lipinski definition) is 0. The second-order valence-corrected chi connectivity index (χ2v) is 8.02. The van der Waals surface area contributed by atoms with E-state index in [0.717, 1.165) is 11.7 Å². The van der Waals surface area contributed by atoms with E-state index in [-0.39, 0.29) is 25.7 Å². The SMILES string of the molecule is C.C.CC(C)(C)c1ncco1.CC(C)(C)c1ncon1.CC(C)c1nnco1. The topological polar surface area (TPSA) is 104 Å². The van der Waals surface area contributed by atoms with E-state index < -0.39 is 0 Å². The normalized spacial score (nSPS) is 10.6. The third-order valence-corrected chi connectivity index (χ3v) is 2.98. The summed E-state index contributed by atoms with van der Waals surface area (Å²) in [7, 11) is 0. The zero-order valence-electron chi connectivity index (χ0n) is 16.8. The quantitative estimate of drug-likeness (QED) is 0.509. The summed E-state index contributed by atoms with van der Waals surface area (Å²) in [5.74, 6) is 2.59. The highest BCUT2D eigenvalue weighted by Crippen LogP contribution is 2.19. The molecule has 0 amide bonds. The van der Waals surface area contributed by atoms with Crippen molar-refractivity contribution < 1.29 is 13.4 Å². The van der Waals surface area contributed by atoms with Gasteiger partial charge in [-0.1, -0.05) is 75.4 Å². The van der Waals surface area contributed by atoms with Gasteiger partial charge in [-0.25, -0.2) is 4.98 Å². The van der Waals surface area contributed by atoms with Gasteiger partial charge in [0.25, 0.3) is 0 Å². The summed E-state index contributed by atoms with van der Waals surface area (Å²) in [4.78, 5) is 7.93. The molecule has 3 aromatic rings. The van der Waals surface area contributed by atoms with Crippen molar-refractivity contribution in [2.75, 3.05) is 0 Å². The van der Waals surface area contributed by atoms with Gasteiger partial charge in [0.15, 0.2) is 11.7 Å². The van der Waals surface area contributed by atoms with Crippen molar-refractivity contribution in [2.24, 2.45) is 0 Å². The van der Waals surface area contributed by atoms with Crippen molar-refractivity contribution in [2.45, 2.75) is 87.0 Å². The maximum Gasteiger partial charge on any atom is 0.218 e. The van der Waals surface area contributed by atoms with Gasteiger partial charge in [-0.15, -0.1) is 10.2 Å². The summed E-state index contributed by atoms with van der Waals surface area (Å²) in [6.07, 6.45) is 5.96. The lowest BCUT2D eigenvalue weighted by molar-refractivity contribution is 0.392. The minimum atomic E-state index is 0. The van der Waals surface area contributed by atoms with Crippen molar-refractivity contribution in [3.05, 3.63) is 42.9 Å². The van der Waals surface area contributed by atoms with E-state index in [4.69, 9.17) is 8.83 Å². The van der Waals surface area contributed by atoms with Crippen LogP contribution in [0.15, 0.2) is 38.6 Å². The Kier molecular flexibility index (Phi) is 11.9. The standard InChI is InChI=1S/C7H11NO.C6H10N2O.C5H8N2O.2CH4/c1-7(2,3)6-8-4-5-9-6;1-6(2,3)5-7-4-9-8-5;1-4(2)5-7-6-3-8-5;;/h4-5H,1-3H3;4H,1-3H3;3-4H,1-2H3;2*1H4. The number of nitrogens with zero attached hydrogens (tertiary/aromatic N) is 5. The highest BCUT2D eigenvalue weighted by atomic mass is 16.5. The van der Waals surface area contributed by atoms with Gasteiger partial charge in [-0.3, -0.25) is 0 Å². The highest BCUT2D eigenvalue weighted by Gasteiger charge is 2.18. The van der Waals surface area contributed by atoms with Crippen molar-refractivity contribution >= 4 is 0 Å². The van der Waals surface area contributed by atoms with Crippen LogP contribution in [-0.2, 0) is 10.8 Å². The number of hydrogen-bond acceptors (Lipinski definition) is 8. The molecule has 0 bridgehead atoms.